The number of ketones is 1. The van der Waals surface area contributed by atoms with E-state index < -0.39 is 11.0 Å². The molecule has 1 heterocycles. The fourth-order valence-electron chi connectivity index (χ4n) is 2.88. The number of rotatable bonds is 2. The first kappa shape index (κ1) is 15.2. The van der Waals surface area contributed by atoms with Crippen molar-refractivity contribution in [1.82, 2.24) is 4.98 Å². The molecule has 1 aromatic heterocycles. The number of hydrogen-bond acceptors (Lipinski definition) is 4. The van der Waals surface area contributed by atoms with E-state index in [1.54, 1.807) is 7.11 Å². The van der Waals surface area contributed by atoms with Crippen LogP contribution in [0.5, 0.6) is 0 Å². The number of carbonyl (C=O) groups is 1. The van der Waals surface area contributed by atoms with Gasteiger partial charge in [0.15, 0.2) is 5.78 Å². The van der Waals surface area contributed by atoms with Gasteiger partial charge in [-0.3, -0.25) is 4.79 Å². The Balaban J connectivity index is 2.53. The average molecular weight is 340 g/mol. The summed E-state index contributed by atoms with van der Waals surface area (Å²) in [5.74, 6) is -0.0392. The quantitative estimate of drug-likeness (QED) is 0.508. The second-order valence-electron chi connectivity index (χ2n) is 5.76. The first-order valence-electron chi connectivity index (χ1n) is 6.41. The number of carbonyl (C=O) groups excluding carboxylic acids is 1. The van der Waals surface area contributed by atoms with Gasteiger partial charge < -0.3 is 9.84 Å². The van der Waals surface area contributed by atoms with Crippen LogP contribution in [0, 0.1) is 5.41 Å². The van der Waals surface area contributed by atoms with Crippen LogP contribution in [0.1, 0.15) is 32.4 Å². The van der Waals surface area contributed by atoms with Crippen LogP contribution in [0.15, 0.2) is 34.6 Å². The van der Waals surface area contributed by atoms with Crippen LogP contribution < -0.4 is 0 Å². The van der Waals surface area contributed by atoms with Crippen molar-refractivity contribution < 1.29 is 14.6 Å². The summed E-state index contributed by atoms with van der Waals surface area (Å²) in [6.45, 7) is 3.73. The molecule has 1 aromatic rings. The fourth-order valence-corrected chi connectivity index (χ4v) is 3.22. The fraction of sp³-hybridized carbons (Fsp3) is 0.467. The maximum absolute atomic E-state index is 12.3. The van der Waals surface area contributed by atoms with E-state index in [0.29, 0.717) is 18.4 Å². The zero-order chi connectivity index (χ0) is 15.0. The number of hydrogen-bond donors (Lipinski definition) is 1. The second-order valence-corrected chi connectivity index (χ2v) is 6.58. The summed E-state index contributed by atoms with van der Waals surface area (Å²) in [6, 6.07) is 5.61. The molecule has 0 aromatic carbocycles. The maximum Gasteiger partial charge on any atom is 0.167 e. The summed E-state index contributed by atoms with van der Waals surface area (Å²) >= 11 is 3.36. The van der Waals surface area contributed by atoms with Gasteiger partial charge >= 0.3 is 0 Å². The van der Waals surface area contributed by atoms with Crippen LogP contribution in [0.3, 0.4) is 0 Å². The Morgan fingerprint density at radius 1 is 1.45 bits per heavy atom. The molecule has 1 saturated carbocycles. The summed E-state index contributed by atoms with van der Waals surface area (Å²) in [4.78, 5) is 16.7. The predicted octanol–water partition coefficient (Wildman–Crippen LogP) is 3.52. The molecule has 0 saturated heterocycles. The Hall–Kier alpha value is -1.20. The molecule has 0 spiro atoms. The summed E-state index contributed by atoms with van der Waals surface area (Å²) in [5, 5.41) is 9.35. The van der Waals surface area contributed by atoms with Crippen molar-refractivity contribution >= 4 is 21.7 Å². The molecule has 0 bridgehead atoms. The SMILES string of the molecule is COC1(c2cccc(Br)n2)C/C(=C/O)C(=O)C(C)(C)C1. The van der Waals surface area contributed by atoms with E-state index >= 15 is 0 Å². The molecule has 0 amide bonds. The molecule has 4 nitrogen and oxygen atoms in total. The number of pyridine rings is 1. The third-order valence-corrected chi connectivity index (χ3v) is 4.28. The minimum absolute atomic E-state index is 0.0392. The van der Waals surface area contributed by atoms with Gasteiger partial charge in [0.05, 0.1) is 12.0 Å². The molecule has 1 aliphatic rings. The van der Waals surface area contributed by atoms with Crippen LogP contribution in [-0.2, 0) is 15.1 Å². The normalized spacial score (nSPS) is 27.8. The number of nitrogens with zero attached hydrogens (tertiary/aromatic N) is 1. The van der Waals surface area contributed by atoms with Gasteiger partial charge in [0.2, 0.25) is 0 Å². The highest BCUT2D eigenvalue weighted by molar-refractivity contribution is 9.10. The van der Waals surface area contributed by atoms with Crippen molar-refractivity contribution in [3.63, 3.8) is 0 Å². The van der Waals surface area contributed by atoms with E-state index in [4.69, 9.17) is 4.74 Å². The molecule has 1 aliphatic carbocycles. The highest BCUT2D eigenvalue weighted by Crippen LogP contribution is 2.48. The molecule has 0 aliphatic heterocycles. The van der Waals surface area contributed by atoms with Crippen molar-refractivity contribution in [2.45, 2.75) is 32.3 Å². The minimum atomic E-state index is -0.699. The van der Waals surface area contributed by atoms with E-state index in [9.17, 15) is 9.90 Å². The maximum atomic E-state index is 12.3. The predicted molar refractivity (Wildman–Crippen MR) is 79.4 cm³/mol. The summed E-state index contributed by atoms with van der Waals surface area (Å²) in [5.41, 5.74) is -0.165. The highest BCUT2D eigenvalue weighted by Gasteiger charge is 2.49. The number of aliphatic hydroxyl groups excluding tert-OH is 1. The lowest BCUT2D eigenvalue weighted by Gasteiger charge is -2.43. The van der Waals surface area contributed by atoms with Crippen molar-refractivity contribution in [3.05, 3.63) is 40.3 Å². The van der Waals surface area contributed by atoms with Crippen LogP contribution in [0.4, 0.5) is 0 Å². The summed E-state index contributed by atoms with van der Waals surface area (Å²) in [7, 11) is 1.61. The Morgan fingerprint density at radius 3 is 2.70 bits per heavy atom. The summed E-state index contributed by atoms with van der Waals surface area (Å²) in [6.07, 6.45) is 1.75. The van der Waals surface area contributed by atoms with E-state index in [-0.39, 0.29) is 5.78 Å². The number of aromatic nitrogens is 1. The van der Waals surface area contributed by atoms with Crippen LogP contribution >= 0.6 is 15.9 Å². The Labute approximate surface area is 127 Å². The average Bonchev–Trinajstić information content (AvgIpc) is 2.41. The van der Waals surface area contributed by atoms with Gasteiger partial charge in [-0.05, 0) is 34.5 Å². The summed E-state index contributed by atoms with van der Waals surface area (Å²) < 4.78 is 6.47. The van der Waals surface area contributed by atoms with E-state index in [0.717, 1.165) is 16.6 Å². The third kappa shape index (κ3) is 2.52. The highest BCUT2D eigenvalue weighted by atomic mass is 79.9. The molecule has 1 fully saturated rings. The van der Waals surface area contributed by atoms with Gasteiger partial charge in [-0.15, -0.1) is 0 Å². The number of methoxy groups -OCH3 is 1. The van der Waals surface area contributed by atoms with Crippen molar-refractivity contribution in [1.29, 1.82) is 0 Å². The number of halogens is 1. The zero-order valence-electron chi connectivity index (χ0n) is 11.8. The van der Waals surface area contributed by atoms with Gasteiger partial charge in [-0.25, -0.2) is 4.98 Å². The Kier molecular flexibility index (Phi) is 4.02. The Morgan fingerprint density at radius 2 is 2.15 bits per heavy atom. The molecule has 1 unspecified atom stereocenters. The van der Waals surface area contributed by atoms with Gasteiger partial charge in [0.1, 0.15) is 10.2 Å². The molecule has 1 atom stereocenters. The second kappa shape index (κ2) is 5.30. The first-order valence-corrected chi connectivity index (χ1v) is 7.20. The molecule has 20 heavy (non-hydrogen) atoms. The minimum Gasteiger partial charge on any atom is -0.515 e. The molecular weight excluding hydrogens is 322 g/mol. The van der Waals surface area contributed by atoms with Gasteiger partial charge in [0, 0.05) is 24.5 Å². The lowest BCUT2D eigenvalue weighted by Crippen LogP contribution is -2.45. The van der Waals surface area contributed by atoms with E-state index in [2.05, 4.69) is 20.9 Å². The molecule has 108 valence electrons. The zero-order valence-corrected chi connectivity index (χ0v) is 13.4. The van der Waals surface area contributed by atoms with Crippen molar-refractivity contribution in [2.75, 3.05) is 7.11 Å². The first-order chi connectivity index (χ1) is 9.34. The molecule has 1 N–H and O–H groups in total. The van der Waals surface area contributed by atoms with Crippen molar-refractivity contribution in [3.8, 4) is 0 Å². The van der Waals surface area contributed by atoms with Gasteiger partial charge in [-0.2, -0.15) is 0 Å². The topological polar surface area (TPSA) is 59.4 Å². The molecule has 5 heteroatoms. The number of Topliss-reactive ketones (excluding diaryl/α,β-unsaturated/α-hetero) is 1. The number of ether oxygens (including phenoxy) is 1. The van der Waals surface area contributed by atoms with Gasteiger partial charge in [0.25, 0.3) is 0 Å². The van der Waals surface area contributed by atoms with Crippen LogP contribution in [0.25, 0.3) is 0 Å². The molecule has 0 radical (unpaired) electrons. The lowest BCUT2D eigenvalue weighted by molar-refractivity contribution is -0.136. The van der Waals surface area contributed by atoms with Gasteiger partial charge in [-0.1, -0.05) is 19.9 Å². The largest absolute Gasteiger partial charge is 0.515 e. The van der Waals surface area contributed by atoms with E-state index in [1.165, 1.54) is 0 Å². The smallest absolute Gasteiger partial charge is 0.167 e. The van der Waals surface area contributed by atoms with Crippen molar-refractivity contribution in [2.24, 2.45) is 5.41 Å². The molecular formula is C15H18BrNO3. The van der Waals surface area contributed by atoms with Crippen LogP contribution in [0.2, 0.25) is 0 Å². The van der Waals surface area contributed by atoms with Crippen LogP contribution in [-0.4, -0.2) is 23.0 Å². The molecule has 2 rings (SSSR count). The number of aliphatic hydroxyl groups is 1. The monoisotopic (exact) mass is 339 g/mol. The van der Waals surface area contributed by atoms with E-state index in [1.807, 2.05) is 32.0 Å². The standard InChI is InChI=1S/C15H18BrNO3/c1-14(2)9-15(20-3,7-10(8-18)13(14)19)11-5-4-6-12(16)17-11/h4-6,8,18H,7,9H2,1-3H3/b10-8-. The third-order valence-electron chi connectivity index (χ3n) is 3.84. The Bertz CT molecular complexity index is 568. The lowest BCUT2D eigenvalue weighted by atomic mass is 9.66.